The van der Waals surface area contributed by atoms with Crippen molar-refractivity contribution >= 4 is 0 Å². The molecule has 0 saturated carbocycles. The molecule has 0 aromatic carbocycles. The normalized spacial score (nSPS) is 6.92. The van der Waals surface area contributed by atoms with Gasteiger partial charge >= 0.3 is 32.7 Å². The van der Waals surface area contributed by atoms with E-state index in [1.807, 2.05) is 20.8 Å². The van der Waals surface area contributed by atoms with Gasteiger partial charge in [-0.2, -0.15) is 0 Å². The molecule has 3 nitrogen and oxygen atoms in total. The Balaban J connectivity index is -0.0000000450. The summed E-state index contributed by atoms with van der Waals surface area (Å²) in [6.07, 6.45) is 2.29. The minimum Gasteiger partial charge on any atom is -0.854 e. The van der Waals surface area contributed by atoms with Crippen molar-refractivity contribution in [1.29, 1.82) is 0 Å². The average Bonchev–Trinajstić information content (AvgIpc) is 2.18. The predicted molar refractivity (Wildman–Crippen MR) is 45.5 cm³/mol. The first-order valence-electron chi connectivity index (χ1n) is 4.49. The molecular weight excluding hydrogens is 245 g/mol. The molecule has 0 rings (SSSR count). The quantitative estimate of drug-likeness (QED) is 0.676. The van der Waals surface area contributed by atoms with E-state index in [-0.39, 0.29) is 52.5 Å². The first-order chi connectivity index (χ1) is 5.74. The fraction of sp³-hybridized carbons (Fsp3) is 1.00. The van der Waals surface area contributed by atoms with Crippen LogP contribution in [0.25, 0.3) is 0 Å². The summed E-state index contributed by atoms with van der Waals surface area (Å²) in [6, 6.07) is 0. The molecule has 0 heterocycles. The molecule has 0 radical (unpaired) electrons. The fourth-order valence-electron chi connectivity index (χ4n) is 0. The third kappa shape index (κ3) is 98.7. The molecule has 0 spiro atoms. The maximum Gasteiger partial charge on any atom is 3.00 e. The van der Waals surface area contributed by atoms with E-state index in [1.54, 1.807) is 0 Å². The standard InChI is InChI=1S/3C3H7O.Y/c3*1-2-3-4;/h3*2-3H2,1H3;/q3*-1;+3. The summed E-state index contributed by atoms with van der Waals surface area (Å²) in [4.78, 5) is 0. The van der Waals surface area contributed by atoms with Crippen molar-refractivity contribution in [1.82, 2.24) is 0 Å². The minimum atomic E-state index is 0. The van der Waals surface area contributed by atoms with Gasteiger partial charge in [0, 0.05) is 0 Å². The Morgan fingerprint density at radius 1 is 0.615 bits per heavy atom. The molecule has 0 saturated heterocycles. The zero-order valence-electron chi connectivity index (χ0n) is 9.04. The number of hydrogen-bond acceptors (Lipinski definition) is 3. The molecule has 0 N–H and O–H groups in total. The van der Waals surface area contributed by atoms with Crippen molar-refractivity contribution in [2.24, 2.45) is 0 Å². The topological polar surface area (TPSA) is 69.2 Å². The molecular formula is C9H21O3Y. The van der Waals surface area contributed by atoms with Crippen LogP contribution in [0, 0.1) is 0 Å². The summed E-state index contributed by atoms with van der Waals surface area (Å²) in [6.45, 7) is 5.81. The van der Waals surface area contributed by atoms with Gasteiger partial charge in [-0.05, 0) is 0 Å². The largest absolute Gasteiger partial charge is 3.00 e. The molecule has 0 aliphatic rings. The maximum absolute atomic E-state index is 9.30. The maximum atomic E-state index is 9.30. The molecule has 0 amide bonds. The van der Waals surface area contributed by atoms with Crippen molar-refractivity contribution in [2.45, 2.75) is 40.0 Å². The van der Waals surface area contributed by atoms with Crippen LogP contribution < -0.4 is 15.3 Å². The Morgan fingerprint density at radius 2 is 0.692 bits per heavy atom. The zero-order chi connectivity index (χ0) is 10.2. The van der Waals surface area contributed by atoms with E-state index in [2.05, 4.69) is 0 Å². The van der Waals surface area contributed by atoms with Crippen LogP contribution >= 0.6 is 0 Å². The Labute approximate surface area is 107 Å². The summed E-state index contributed by atoms with van der Waals surface area (Å²) >= 11 is 0. The average molecular weight is 266 g/mol. The van der Waals surface area contributed by atoms with Gasteiger partial charge in [0.1, 0.15) is 0 Å². The van der Waals surface area contributed by atoms with Crippen molar-refractivity contribution < 1.29 is 48.0 Å². The van der Waals surface area contributed by atoms with Crippen molar-refractivity contribution in [3.05, 3.63) is 0 Å². The van der Waals surface area contributed by atoms with Gasteiger partial charge in [0.25, 0.3) is 0 Å². The zero-order valence-corrected chi connectivity index (χ0v) is 11.9. The number of rotatable bonds is 3. The van der Waals surface area contributed by atoms with Crippen LogP contribution in [0.3, 0.4) is 0 Å². The van der Waals surface area contributed by atoms with E-state index >= 15 is 0 Å². The van der Waals surface area contributed by atoms with Crippen molar-refractivity contribution in [2.75, 3.05) is 19.8 Å². The summed E-state index contributed by atoms with van der Waals surface area (Å²) < 4.78 is 0. The minimum absolute atomic E-state index is 0. The van der Waals surface area contributed by atoms with Gasteiger partial charge in [0.05, 0.1) is 0 Å². The Hall–Kier alpha value is 0.984. The fourth-order valence-corrected chi connectivity index (χ4v) is 0. The van der Waals surface area contributed by atoms with E-state index in [0.717, 1.165) is 19.3 Å². The van der Waals surface area contributed by atoms with Crippen LogP contribution in [0.5, 0.6) is 0 Å². The van der Waals surface area contributed by atoms with Gasteiger partial charge < -0.3 is 15.3 Å². The second-order valence-corrected chi connectivity index (χ2v) is 2.11. The molecule has 0 unspecified atom stereocenters. The second-order valence-electron chi connectivity index (χ2n) is 2.11. The summed E-state index contributed by atoms with van der Waals surface area (Å²) in [5.74, 6) is 0. The van der Waals surface area contributed by atoms with Gasteiger partial charge in [-0.25, -0.2) is 0 Å². The van der Waals surface area contributed by atoms with Gasteiger partial charge in [-0.15, -0.1) is 19.8 Å². The van der Waals surface area contributed by atoms with E-state index in [9.17, 15) is 15.3 Å². The first-order valence-corrected chi connectivity index (χ1v) is 4.49. The van der Waals surface area contributed by atoms with Crippen molar-refractivity contribution in [3.8, 4) is 0 Å². The van der Waals surface area contributed by atoms with Crippen LogP contribution in [0.1, 0.15) is 40.0 Å². The van der Waals surface area contributed by atoms with Crippen LogP contribution in [-0.2, 0) is 32.7 Å². The van der Waals surface area contributed by atoms with E-state index in [0.29, 0.717) is 0 Å². The SMILES string of the molecule is CCC[O-].CCC[O-].CCC[O-].[Y+3]. The van der Waals surface area contributed by atoms with Gasteiger partial charge in [-0.1, -0.05) is 40.0 Å². The van der Waals surface area contributed by atoms with Gasteiger partial charge in [-0.3, -0.25) is 0 Å². The van der Waals surface area contributed by atoms with Crippen LogP contribution in [0.15, 0.2) is 0 Å². The first kappa shape index (κ1) is 23.7. The molecule has 0 aliphatic heterocycles. The smallest absolute Gasteiger partial charge is 0.854 e. The second kappa shape index (κ2) is 38.2. The molecule has 78 valence electrons. The third-order valence-electron chi connectivity index (χ3n) is 0.612. The summed E-state index contributed by atoms with van der Waals surface area (Å²) in [7, 11) is 0. The predicted octanol–water partition coefficient (Wildman–Crippen LogP) is -0.732. The molecule has 4 heteroatoms. The molecule has 0 atom stereocenters. The van der Waals surface area contributed by atoms with Crippen LogP contribution in [0.4, 0.5) is 0 Å². The van der Waals surface area contributed by atoms with Crippen LogP contribution in [0.2, 0.25) is 0 Å². The summed E-state index contributed by atoms with van der Waals surface area (Å²) in [5, 5.41) is 27.9. The monoisotopic (exact) mass is 266 g/mol. The van der Waals surface area contributed by atoms with Crippen LogP contribution in [-0.4, -0.2) is 19.8 Å². The molecule has 13 heavy (non-hydrogen) atoms. The Morgan fingerprint density at radius 3 is 0.692 bits per heavy atom. The third-order valence-corrected chi connectivity index (χ3v) is 0.612. The van der Waals surface area contributed by atoms with Crippen molar-refractivity contribution in [3.63, 3.8) is 0 Å². The Kier molecular flexibility index (Phi) is 69.6. The van der Waals surface area contributed by atoms with Gasteiger partial charge in [0.15, 0.2) is 0 Å². The number of hydrogen-bond donors (Lipinski definition) is 0. The molecule has 0 bridgehead atoms. The van der Waals surface area contributed by atoms with Gasteiger partial charge in [0.2, 0.25) is 0 Å². The molecule has 0 aliphatic carbocycles. The summed E-state index contributed by atoms with van der Waals surface area (Å²) in [5.41, 5.74) is 0. The van der Waals surface area contributed by atoms with E-state index < -0.39 is 0 Å². The molecule has 0 fully saturated rings. The molecule has 0 aromatic heterocycles. The van der Waals surface area contributed by atoms with E-state index in [4.69, 9.17) is 0 Å². The molecule has 0 aromatic rings. The van der Waals surface area contributed by atoms with E-state index in [1.165, 1.54) is 0 Å². The Bertz CT molecular complexity index is 30.3.